The monoisotopic (exact) mass is 396 g/mol. The lowest BCUT2D eigenvalue weighted by Gasteiger charge is -2.43. The zero-order chi connectivity index (χ0) is 21.1. The molecule has 0 unspecified atom stereocenters. The number of esters is 2. The maximum absolute atomic E-state index is 12.5. The fourth-order valence-electron chi connectivity index (χ4n) is 4.03. The van der Waals surface area contributed by atoms with E-state index in [1.807, 2.05) is 27.7 Å². The van der Waals surface area contributed by atoms with E-state index in [1.54, 1.807) is 6.92 Å². The van der Waals surface area contributed by atoms with Crippen molar-refractivity contribution in [3.05, 3.63) is 11.8 Å². The van der Waals surface area contributed by atoms with Crippen LogP contribution in [0.25, 0.3) is 0 Å². The van der Waals surface area contributed by atoms with Crippen LogP contribution in [0.15, 0.2) is 11.8 Å². The maximum Gasteiger partial charge on any atom is 0.309 e. The molecule has 0 spiro atoms. The van der Waals surface area contributed by atoms with Crippen molar-refractivity contribution in [1.29, 1.82) is 0 Å². The molecule has 7 nitrogen and oxygen atoms in total. The summed E-state index contributed by atoms with van der Waals surface area (Å²) in [6, 6.07) is 0. The van der Waals surface area contributed by atoms with E-state index in [9.17, 15) is 19.5 Å². The number of ether oxygens (including phenoxy) is 3. The second-order valence-corrected chi connectivity index (χ2v) is 8.83. The molecule has 1 fully saturated rings. The minimum Gasteiger partial charge on any atom is -0.462 e. The van der Waals surface area contributed by atoms with E-state index in [1.165, 1.54) is 6.26 Å². The Morgan fingerprint density at radius 1 is 1.21 bits per heavy atom. The Hall–Kier alpha value is -1.89. The molecular formula is C21H32O7. The first-order chi connectivity index (χ1) is 13.1. The van der Waals surface area contributed by atoms with E-state index in [0.717, 1.165) is 0 Å². The normalized spacial score (nSPS) is 29.4. The molecule has 158 valence electrons. The van der Waals surface area contributed by atoms with E-state index >= 15 is 0 Å². The summed E-state index contributed by atoms with van der Waals surface area (Å²) in [6.07, 6.45) is 1.21. The molecule has 28 heavy (non-hydrogen) atoms. The predicted molar refractivity (Wildman–Crippen MR) is 101 cm³/mol. The van der Waals surface area contributed by atoms with Gasteiger partial charge in [-0.3, -0.25) is 14.4 Å². The summed E-state index contributed by atoms with van der Waals surface area (Å²) in [5.41, 5.74) is -0.243. The molecule has 7 heteroatoms. The van der Waals surface area contributed by atoms with Crippen molar-refractivity contribution in [2.75, 3.05) is 13.2 Å². The first kappa shape index (κ1) is 22.4. The number of aliphatic hydroxyl groups is 1. The highest BCUT2D eigenvalue weighted by atomic mass is 16.7. The number of hydrogen-bond donors (Lipinski definition) is 1. The van der Waals surface area contributed by atoms with Gasteiger partial charge in [-0.15, -0.1) is 0 Å². The molecule has 1 saturated carbocycles. The number of carbonyl (C=O) groups is 3. The molecule has 0 aromatic rings. The minimum atomic E-state index is -0.970. The van der Waals surface area contributed by atoms with Gasteiger partial charge in [0.05, 0.1) is 24.2 Å². The lowest BCUT2D eigenvalue weighted by atomic mass is 9.69. The van der Waals surface area contributed by atoms with Crippen molar-refractivity contribution in [3.63, 3.8) is 0 Å². The van der Waals surface area contributed by atoms with E-state index in [-0.39, 0.29) is 55.6 Å². The highest BCUT2D eigenvalue weighted by Crippen LogP contribution is 2.54. The predicted octanol–water partition coefficient (Wildman–Crippen LogP) is 2.61. The van der Waals surface area contributed by atoms with Gasteiger partial charge in [0.25, 0.3) is 0 Å². The van der Waals surface area contributed by atoms with Crippen molar-refractivity contribution >= 4 is 17.7 Å². The van der Waals surface area contributed by atoms with Crippen LogP contribution in [-0.2, 0) is 28.6 Å². The van der Waals surface area contributed by atoms with E-state index in [2.05, 4.69) is 0 Å². The number of carbonyl (C=O) groups excluding carboxylic acids is 3. The summed E-state index contributed by atoms with van der Waals surface area (Å²) in [7, 11) is 0. The molecule has 1 heterocycles. The van der Waals surface area contributed by atoms with Gasteiger partial charge in [0.15, 0.2) is 0 Å². The Morgan fingerprint density at radius 2 is 1.82 bits per heavy atom. The second kappa shape index (κ2) is 9.07. The van der Waals surface area contributed by atoms with Gasteiger partial charge in [0.1, 0.15) is 12.4 Å². The highest BCUT2D eigenvalue weighted by molar-refractivity contribution is 5.86. The van der Waals surface area contributed by atoms with Crippen molar-refractivity contribution < 1.29 is 33.7 Å². The van der Waals surface area contributed by atoms with E-state index < -0.39 is 23.6 Å². The fourth-order valence-corrected chi connectivity index (χ4v) is 4.03. The van der Waals surface area contributed by atoms with Gasteiger partial charge in [0, 0.05) is 30.8 Å². The first-order valence-electron chi connectivity index (χ1n) is 9.92. The van der Waals surface area contributed by atoms with E-state index in [4.69, 9.17) is 14.2 Å². The molecule has 1 aliphatic heterocycles. The average molecular weight is 396 g/mol. The van der Waals surface area contributed by atoms with Gasteiger partial charge in [-0.25, -0.2) is 0 Å². The zero-order valence-corrected chi connectivity index (χ0v) is 17.4. The van der Waals surface area contributed by atoms with Crippen LogP contribution in [-0.4, -0.2) is 42.3 Å². The number of rotatable bonds is 8. The SMILES string of the molecule is CC(C)CC(=O)OCC1=CO[C@@H](OC(=O)CC(C)C)[C@@]2(C)[C@@H]1CC(=O)[C@@H]2CO. The Kier molecular flexibility index (Phi) is 7.26. The molecule has 2 rings (SSSR count). The summed E-state index contributed by atoms with van der Waals surface area (Å²) in [5.74, 6) is -1.54. The summed E-state index contributed by atoms with van der Waals surface area (Å²) >= 11 is 0. The summed E-state index contributed by atoms with van der Waals surface area (Å²) in [4.78, 5) is 36.6. The molecule has 2 aliphatic rings. The van der Waals surface area contributed by atoms with Crippen molar-refractivity contribution in [1.82, 2.24) is 0 Å². The molecule has 0 bridgehead atoms. The topological polar surface area (TPSA) is 99.1 Å². The van der Waals surface area contributed by atoms with Crippen LogP contribution in [0.3, 0.4) is 0 Å². The van der Waals surface area contributed by atoms with Gasteiger partial charge < -0.3 is 19.3 Å². The third-order valence-corrected chi connectivity index (χ3v) is 5.56. The molecule has 0 aromatic carbocycles. The molecule has 0 amide bonds. The molecule has 1 aliphatic carbocycles. The molecule has 0 radical (unpaired) electrons. The van der Waals surface area contributed by atoms with Crippen molar-refractivity contribution in [2.45, 2.75) is 60.2 Å². The number of fused-ring (bicyclic) bond motifs is 1. The van der Waals surface area contributed by atoms with Crippen LogP contribution >= 0.6 is 0 Å². The van der Waals surface area contributed by atoms with E-state index in [0.29, 0.717) is 12.0 Å². The van der Waals surface area contributed by atoms with Crippen LogP contribution in [0, 0.1) is 29.1 Å². The van der Waals surface area contributed by atoms with Gasteiger partial charge >= 0.3 is 11.9 Å². The minimum absolute atomic E-state index is 0.0178. The second-order valence-electron chi connectivity index (χ2n) is 8.83. The summed E-state index contributed by atoms with van der Waals surface area (Å²) in [5, 5.41) is 9.82. The summed E-state index contributed by atoms with van der Waals surface area (Å²) < 4.78 is 16.6. The molecular weight excluding hydrogens is 364 g/mol. The standard InChI is InChI=1S/C21H32O7/c1-12(2)6-18(24)26-10-14-11-27-20(28-19(25)7-13(3)4)21(5)15(14)8-17(23)16(21)9-22/h11-13,15-16,20,22H,6-10H2,1-5H3/t15-,16+,20+,21+/m1/s1. The third kappa shape index (κ3) is 4.74. The Bertz CT molecular complexity index is 637. The van der Waals surface area contributed by atoms with Crippen LogP contribution in [0.5, 0.6) is 0 Å². The zero-order valence-electron chi connectivity index (χ0n) is 17.4. The largest absolute Gasteiger partial charge is 0.462 e. The van der Waals surface area contributed by atoms with Crippen molar-refractivity contribution in [2.24, 2.45) is 29.1 Å². The summed E-state index contributed by atoms with van der Waals surface area (Å²) in [6.45, 7) is 9.13. The molecule has 1 N–H and O–H groups in total. The van der Waals surface area contributed by atoms with Gasteiger partial charge in [0.2, 0.25) is 6.29 Å². The van der Waals surface area contributed by atoms with Crippen LogP contribution in [0.2, 0.25) is 0 Å². The van der Waals surface area contributed by atoms with Gasteiger partial charge in [-0.05, 0) is 11.8 Å². The Balaban J connectivity index is 2.20. The third-order valence-electron chi connectivity index (χ3n) is 5.56. The fraction of sp³-hybridized carbons (Fsp3) is 0.762. The molecule has 0 aromatic heterocycles. The van der Waals surface area contributed by atoms with Crippen LogP contribution in [0.4, 0.5) is 0 Å². The lowest BCUT2D eigenvalue weighted by Crippen LogP contribution is -2.49. The Morgan fingerprint density at radius 3 is 2.39 bits per heavy atom. The number of hydrogen-bond acceptors (Lipinski definition) is 7. The first-order valence-corrected chi connectivity index (χ1v) is 9.92. The number of ketones is 1. The highest BCUT2D eigenvalue weighted by Gasteiger charge is 2.61. The molecule has 4 atom stereocenters. The maximum atomic E-state index is 12.5. The van der Waals surface area contributed by atoms with Crippen LogP contribution < -0.4 is 0 Å². The lowest BCUT2D eigenvalue weighted by molar-refractivity contribution is -0.214. The average Bonchev–Trinajstić information content (AvgIpc) is 2.84. The van der Waals surface area contributed by atoms with Gasteiger partial charge in [-0.1, -0.05) is 34.6 Å². The van der Waals surface area contributed by atoms with Crippen molar-refractivity contribution in [3.8, 4) is 0 Å². The number of Topliss-reactive ketones (excluding diaryl/α,β-unsaturated/α-hetero) is 1. The Labute approximate surface area is 166 Å². The smallest absolute Gasteiger partial charge is 0.309 e. The molecule has 0 saturated heterocycles. The number of aliphatic hydroxyl groups excluding tert-OH is 1. The quantitative estimate of drug-likeness (QED) is 0.630. The van der Waals surface area contributed by atoms with Crippen LogP contribution in [0.1, 0.15) is 53.9 Å². The van der Waals surface area contributed by atoms with Gasteiger partial charge in [-0.2, -0.15) is 0 Å².